The maximum absolute atomic E-state index is 11.0. The summed E-state index contributed by atoms with van der Waals surface area (Å²) in [5.74, 6) is 0.854. The Hall–Kier alpha value is -1.35. The monoisotopic (exact) mass is 273 g/mol. The highest BCUT2D eigenvalue weighted by atomic mass is 16.4. The molecule has 0 spiro atoms. The molecule has 3 heteroatoms. The van der Waals surface area contributed by atoms with Gasteiger partial charge in [0.05, 0.1) is 5.56 Å². The van der Waals surface area contributed by atoms with Crippen LogP contribution in [0.5, 0.6) is 0 Å². The van der Waals surface area contributed by atoms with Gasteiger partial charge in [-0.25, -0.2) is 4.79 Å². The number of benzene rings is 1. The third-order valence-electron chi connectivity index (χ3n) is 5.03. The van der Waals surface area contributed by atoms with Crippen LogP contribution >= 0.6 is 0 Å². The first-order chi connectivity index (χ1) is 9.74. The first-order valence-corrected chi connectivity index (χ1v) is 7.79. The van der Waals surface area contributed by atoms with Gasteiger partial charge < -0.3 is 10.4 Å². The number of carboxylic acids is 1. The Morgan fingerprint density at radius 2 is 1.85 bits per heavy atom. The van der Waals surface area contributed by atoms with E-state index in [0.717, 1.165) is 23.9 Å². The molecule has 0 bridgehead atoms. The summed E-state index contributed by atoms with van der Waals surface area (Å²) in [6.45, 7) is 0.790. The lowest BCUT2D eigenvalue weighted by atomic mass is 9.68. The van der Waals surface area contributed by atoms with Crippen LogP contribution in [-0.4, -0.2) is 17.1 Å². The van der Waals surface area contributed by atoms with E-state index in [1.807, 2.05) is 12.1 Å². The summed E-state index contributed by atoms with van der Waals surface area (Å²) in [5.41, 5.74) is 1.46. The maximum atomic E-state index is 11.0. The Morgan fingerprint density at radius 1 is 1.20 bits per heavy atom. The minimum Gasteiger partial charge on any atom is -0.478 e. The Labute approximate surface area is 120 Å². The second-order valence-corrected chi connectivity index (χ2v) is 6.29. The van der Waals surface area contributed by atoms with Crippen LogP contribution in [0, 0.1) is 11.8 Å². The Bertz CT molecular complexity index is 464. The van der Waals surface area contributed by atoms with Crippen LogP contribution in [-0.2, 0) is 6.54 Å². The van der Waals surface area contributed by atoms with Gasteiger partial charge in [0.2, 0.25) is 0 Å². The van der Waals surface area contributed by atoms with Gasteiger partial charge in [-0.1, -0.05) is 25.0 Å². The van der Waals surface area contributed by atoms with Gasteiger partial charge in [-0.2, -0.15) is 0 Å². The van der Waals surface area contributed by atoms with Crippen LogP contribution in [0.4, 0.5) is 0 Å². The molecule has 0 radical (unpaired) electrons. The van der Waals surface area contributed by atoms with Gasteiger partial charge in [-0.15, -0.1) is 0 Å². The standard InChI is InChI=1S/C17H23NO2/c19-17(20)15-9-1-4-12(10-15)11-18-16(13-5-2-6-13)14-7-3-8-14/h1,4,9-10,13-14,16,18H,2-3,5-8,11H2,(H,19,20). The summed E-state index contributed by atoms with van der Waals surface area (Å²) < 4.78 is 0. The van der Waals surface area contributed by atoms with Crippen LogP contribution in [0.15, 0.2) is 24.3 Å². The molecule has 20 heavy (non-hydrogen) atoms. The van der Waals surface area contributed by atoms with Gasteiger partial charge >= 0.3 is 5.97 Å². The Kier molecular flexibility index (Phi) is 4.06. The minimum absolute atomic E-state index is 0.383. The zero-order valence-electron chi connectivity index (χ0n) is 11.8. The molecule has 0 atom stereocenters. The van der Waals surface area contributed by atoms with Crippen molar-refractivity contribution in [2.24, 2.45) is 11.8 Å². The molecular weight excluding hydrogens is 250 g/mol. The van der Waals surface area contributed by atoms with Crippen molar-refractivity contribution in [3.63, 3.8) is 0 Å². The predicted octanol–water partition coefficient (Wildman–Crippen LogP) is 3.44. The molecule has 1 aromatic rings. The molecule has 3 rings (SSSR count). The smallest absolute Gasteiger partial charge is 0.335 e. The topological polar surface area (TPSA) is 49.3 Å². The molecule has 2 fully saturated rings. The maximum Gasteiger partial charge on any atom is 0.335 e. The molecule has 2 aliphatic rings. The average Bonchev–Trinajstić information content (AvgIpc) is 2.32. The number of aromatic carboxylic acids is 1. The van der Waals surface area contributed by atoms with Gasteiger partial charge in [0.25, 0.3) is 0 Å². The fourth-order valence-corrected chi connectivity index (χ4v) is 3.37. The largest absolute Gasteiger partial charge is 0.478 e. The number of hydrogen-bond acceptors (Lipinski definition) is 2. The summed E-state index contributed by atoms with van der Waals surface area (Å²) in [4.78, 5) is 11.0. The minimum atomic E-state index is -0.846. The van der Waals surface area contributed by atoms with Crippen molar-refractivity contribution in [1.29, 1.82) is 0 Å². The molecule has 108 valence electrons. The van der Waals surface area contributed by atoms with E-state index in [1.54, 1.807) is 12.1 Å². The predicted molar refractivity (Wildman–Crippen MR) is 78.7 cm³/mol. The second-order valence-electron chi connectivity index (χ2n) is 6.29. The van der Waals surface area contributed by atoms with Crippen LogP contribution in [0.2, 0.25) is 0 Å². The summed E-state index contributed by atoms with van der Waals surface area (Å²) in [6, 6.07) is 7.93. The van der Waals surface area contributed by atoms with E-state index in [4.69, 9.17) is 5.11 Å². The lowest BCUT2D eigenvalue weighted by Crippen LogP contribution is -2.46. The van der Waals surface area contributed by atoms with Crippen LogP contribution < -0.4 is 5.32 Å². The van der Waals surface area contributed by atoms with Crippen molar-refractivity contribution in [3.8, 4) is 0 Å². The lowest BCUT2D eigenvalue weighted by molar-refractivity contribution is 0.0696. The molecule has 0 amide bonds. The van der Waals surface area contributed by atoms with E-state index in [9.17, 15) is 4.79 Å². The lowest BCUT2D eigenvalue weighted by Gasteiger charge is -2.43. The van der Waals surface area contributed by atoms with Gasteiger partial charge in [0, 0.05) is 12.6 Å². The molecule has 1 aromatic carbocycles. The first kappa shape index (κ1) is 13.6. The quantitative estimate of drug-likeness (QED) is 0.834. The Balaban J connectivity index is 1.61. The fourth-order valence-electron chi connectivity index (χ4n) is 3.37. The van der Waals surface area contributed by atoms with Crippen molar-refractivity contribution >= 4 is 5.97 Å². The van der Waals surface area contributed by atoms with Crippen LogP contribution in [0.3, 0.4) is 0 Å². The highest BCUT2D eigenvalue weighted by molar-refractivity contribution is 5.87. The van der Waals surface area contributed by atoms with E-state index in [1.165, 1.54) is 38.5 Å². The molecule has 0 saturated heterocycles. The van der Waals surface area contributed by atoms with Crippen molar-refractivity contribution < 1.29 is 9.90 Å². The van der Waals surface area contributed by atoms with E-state index in [0.29, 0.717) is 11.6 Å². The number of carbonyl (C=O) groups is 1. The van der Waals surface area contributed by atoms with Gasteiger partial charge in [-0.05, 0) is 55.2 Å². The highest BCUT2D eigenvalue weighted by Gasteiger charge is 2.35. The molecule has 2 aliphatic carbocycles. The summed E-state index contributed by atoms with van der Waals surface area (Å²) >= 11 is 0. The summed E-state index contributed by atoms with van der Waals surface area (Å²) in [5, 5.41) is 12.8. The number of carboxylic acid groups (broad SMARTS) is 1. The zero-order valence-corrected chi connectivity index (χ0v) is 11.8. The molecule has 0 aliphatic heterocycles. The van der Waals surface area contributed by atoms with Gasteiger partial charge in [0.15, 0.2) is 0 Å². The second kappa shape index (κ2) is 5.96. The molecule has 3 nitrogen and oxygen atoms in total. The summed E-state index contributed by atoms with van der Waals surface area (Å²) in [6.07, 6.45) is 8.22. The van der Waals surface area contributed by atoms with Crippen LogP contribution in [0.25, 0.3) is 0 Å². The van der Waals surface area contributed by atoms with E-state index < -0.39 is 5.97 Å². The SMILES string of the molecule is O=C(O)c1cccc(CNC(C2CCC2)C2CCC2)c1. The van der Waals surface area contributed by atoms with E-state index in [2.05, 4.69) is 5.32 Å². The van der Waals surface area contributed by atoms with E-state index in [-0.39, 0.29) is 0 Å². The highest BCUT2D eigenvalue weighted by Crippen LogP contribution is 2.40. The molecule has 0 heterocycles. The van der Waals surface area contributed by atoms with Gasteiger partial charge in [-0.3, -0.25) is 0 Å². The zero-order chi connectivity index (χ0) is 13.9. The Morgan fingerprint density at radius 3 is 2.35 bits per heavy atom. The van der Waals surface area contributed by atoms with E-state index >= 15 is 0 Å². The molecule has 2 saturated carbocycles. The molecular formula is C17H23NO2. The first-order valence-electron chi connectivity index (χ1n) is 7.79. The van der Waals surface area contributed by atoms with Crippen molar-refractivity contribution in [2.75, 3.05) is 0 Å². The summed E-state index contributed by atoms with van der Waals surface area (Å²) in [7, 11) is 0. The average molecular weight is 273 g/mol. The molecule has 0 aromatic heterocycles. The third kappa shape index (κ3) is 2.88. The number of nitrogens with one attached hydrogen (secondary N) is 1. The number of rotatable bonds is 6. The normalized spacial score (nSPS) is 19.6. The molecule has 0 unspecified atom stereocenters. The number of hydrogen-bond donors (Lipinski definition) is 2. The van der Waals surface area contributed by atoms with Crippen LogP contribution in [0.1, 0.15) is 54.4 Å². The third-order valence-corrected chi connectivity index (χ3v) is 5.03. The fraction of sp³-hybridized carbons (Fsp3) is 0.588. The van der Waals surface area contributed by atoms with Crippen molar-refractivity contribution in [2.45, 2.75) is 51.1 Å². The van der Waals surface area contributed by atoms with Crippen molar-refractivity contribution in [1.82, 2.24) is 5.32 Å². The van der Waals surface area contributed by atoms with Crippen molar-refractivity contribution in [3.05, 3.63) is 35.4 Å². The van der Waals surface area contributed by atoms with Gasteiger partial charge in [0.1, 0.15) is 0 Å². The molecule has 2 N–H and O–H groups in total.